The van der Waals surface area contributed by atoms with Gasteiger partial charge < -0.3 is 0 Å². The van der Waals surface area contributed by atoms with Crippen molar-refractivity contribution in [1.29, 1.82) is 0 Å². The van der Waals surface area contributed by atoms with Crippen molar-refractivity contribution in [3.8, 4) is 0 Å². The van der Waals surface area contributed by atoms with Crippen molar-refractivity contribution >= 4 is 23.1 Å². The first kappa shape index (κ1) is 15.2. The number of carbonyl (C=O) groups is 2. The van der Waals surface area contributed by atoms with Crippen molar-refractivity contribution in [2.24, 2.45) is 5.10 Å². The average molecular weight is 298 g/mol. The monoisotopic (exact) mass is 298 g/mol. The van der Waals surface area contributed by atoms with Crippen LogP contribution < -0.4 is 5.01 Å². The Morgan fingerprint density at radius 3 is 2.52 bits per heavy atom. The first-order valence-corrected chi connectivity index (χ1v) is 6.42. The number of alkyl halides is 3. The second-order valence-electron chi connectivity index (χ2n) is 4.66. The highest BCUT2D eigenvalue weighted by Gasteiger charge is 2.37. The van der Waals surface area contributed by atoms with Gasteiger partial charge in [0.2, 0.25) is 5.78 Å². The van der Waals surface area contributed by atoms with E-state index in [0.717, 1.165) is 0 Å². The molecule has 1 amide bonds. The molecule has 21 heavy (non-hydrogen) atoms. The molecule has 112 valence electrons. The van der Waals surface area contributed by atoms with Crippen molar-refractivity contribution in [3.63, 3.8) is 0 Å². The van der Waals surface area contributed by atoms with Crippen LogP contribution in [0.15, 0.2) is 35.4 Å². The molecule has 1 aliphatic heterocycles. The van der Waals surface area contributed by atoms with Gasteiger partial charge in [0.15, 0.2) is 0 Å². The van der Waals surface area contributed by atoms with Gasteiger partial charge >= 0.3 is 6.18 Å². The van der Waals surface area contributed by atoms with Crippen molar-refractivity contribution in [3.05, 3.63) is 30.3 Å². The molecule has 1 aromatic rings. The van der Waals surface area contributed by atoms with Gasteiger partial charge in [-0.05, 0) is 25.0 Å². The summed E-state index contributed by atoms with van der Waals surface area (Å²) in [7, 11) is 0. The Kier molecular flexibility index (Phi) is 4.40. The summed E-state index contributed by atoms with van der Waals surface area (Å²) in [4.78, 5) is 22.6. The van der Waals surface area contributed by atoms with Crippen molar-refractivity contribution in [1.82, 2.24) is 0 Å². The molecule has 0 N–H and O–H groups in total. The highest BCUT2D eigenvalue weighted by Crippen LogP contribution is 2.23. The van der Waals surface area contributed by atoms with E-state index in [4.69, 9.17) is 0 Å². The summed E-state index contributed by atoms with van der Waals surface area (Å²) in [6.45, 7) is 0. The predicted molar refractivity (Wildman–Crippen MR) is 70.9 cm³/mol. The second kappa shape index (κ2) is 6.07. The third-order valence-corrected chi connectivity index (χ3v) is 3.02. The minimum absolute atomic E-state index is 0.0348. The van der Waals surface area contributed by atoms with E-state index >= 15 is 0 Å². The normalized spacial score (nSPS) is 15.3. The van der Waals surface area contributed by atoms with Crippen LogP contribution >= 0.6 is 0 Å². The highest BCUT2D eigenvalue weighted by atomic mass is 19.4. The molecule has 1 heterocycles. The fourth-order valence-corrected chi connectivity index (χ4v) is 1.99. The predicted octanol–water partition coefficient (Wildman–Crippen LogP) is 3.08. The Balaban J connectivity index is 1.91. The van der Waals surface area contributed by atoms with Crippen LogP contribution in [0, 0.1) is 0 Å². The van der Waals surface area contributed by atoms with Gasteiger partial charge in [-0.25, -0.2) is 5.01 Å². The van der Waals surface area contributed by atoms with Gasteiger partial charge in [0.1, 0.15) is 0 Å². The Bertz CT molecular complexity index is 567. The molecular formula is C14H13F3N2O2. The molecule has 4 nitrogen and oxygen atoms in total. The van der Waals surface area contributed by atoms with E-state index in [1.54, 1.807) is 30.3 Å². The van der Waals surface area contributed by atoms with Gasteiger partial charge in [-0.15, -0.1) is 0 Å². The molecule has 7 heteroatoms. The van der Waals surface area contributed by atoms with E-state index < -0.39 is 18.4 Å². The first-order chi connectivity index (χ1) is 9.88. The summed E-state index contributed by atoms with van der Waals surface area (Å²) < 4.78 is 36.2. The van der Waals surface area contributed by atoms with Crippen LogP contribution in [0.2, 0.25) is 0 Å². The van der Waals surface area contributed by atoms with Crippen LogP contribution in [0.25, 0.3) is 0 Å². The van der Waals surface area contributed by atoms with Crippen molar-refractivity contribution in [2.45, 2.75) is 31.9 Å². The van der Waals surface area contributed by atoms with E-state index in [-0.39, 0.29) is 25.2 Å². The Labute approximate surface area is 119 Å². The van der Waals surface area contributed by atoms with E-state index in [9.17, 15) is 22.8 Å². The molecule has 1 aromatic carbocycles. The van der Waals surface area contributed by atoms with E-state index in [1.807, 2.05) is 0 Å². The molecule has 2 rings (SSSR count). The quantitative estimate of drug-likeness (QED) is 0.838. The number of Topliss-reactive ketones (excluding diaryl/α,β-unsaturated/α-hetero) is 1. The summed E-state index contributed by atoms with van der Waals surface area (Å²) in [5.41, 5.74) is 1.11. The molecule has 0 aliphatic carbocycles. The molecule has 0 radical (unpaired) electrons. The third-order valence-electron chi connectivity index (χ3n) is 3.02. The number of anilines is 1. The maximum atomic E-state index is 12.1. The largest absolute Gasteiger partial charge is 0.449 e. The number of benzene rings is 1. The summed E-state index contributed by atoms with van der Waals surface area (Å²) in [6, 6.07) is 8.77. The lowest BCUT2D eigenvalue weighted by atomic mass is 10.1. The van der Waals surface area contributed by atoms with E-state index in [1.165, 1.54) is 5.01 Å². The van der Waals surface area contributed by atoms with Gasteiger partial charge in [0, 0.05) is 12.1 Å². The van der Waals surface area contributed by atoms with Gasteiger partial charge in [-0.2, -0.15) is 18.3 Å². The lowest BCUT2D eigenvalue weighted by Crippen LogP contribution is -2.22. The maximum absolute atomic E-state index is 12.1. The molecule has 0 bridgehead atoms. The Morgan fingerprint density at radius 1 is 1.24 bits per heavy atom. The first-order valence-electron chi connectivity index (χ1n) is 6.42. The fraction of sp³-hybridized carbons (Fsp3) is 0.357. The number of para-hydroxylation sites is 1. The number of hydrazone groups is 1. The zero-order valence-electron chi connectivity index (χ0n) is 11.1. The maximum Gasteiger partial charge on any atom is 0.449 e. The average Bonchev–Trinajstić information content (AvgIpc) is 2.80. The van der Waals surface area contributed by atoms with Crippen molar-refractivity contribution in [2.75, 3.05) is 5.01 Å². The summed E-state index contributed by atoms with van der Waals surface area (Å²) >= 11 is 0. The lowest BCUT2D eigenvalue weighted by molar-refractivity contribution is -0.171. The number of hydrogen-bond acceptors (Lipinski definition) is 3. The number of halogens is 3. The van der Waals surface area contributed by atoms with Gasteiger partial charge in [0.05, 0.1) is 12.1 Å². The van der Waals surface area contributed by atoms with Crippen LogP contribution in [0.4, 0.5) is 18.9 Å². The molecule has 0 saturated carbocycles. The third kappa shape index (κ3) is 3.90. The number of rotatable bonds is 5. The molecule has 0 aromatic heterocycles. The summed E-state index contributed by atoms with van der Waals surface area (Å²) in [5.74, 6) is -1.97. The van der Waals surface area contributed by atoms with E-state index in [2.05, 4.69) is 5.10 Å². The van der Waals surface area contributed by atoms with Crippen LogP contribution in [0.1, 0.15) is 25.7 Å². The number of carbonyl (C=O) groups excluding carboxylic acids is 2. The minimum atomic E-state index is -4.79. The number of amides is 1. The molecule has 0 unspecified atom stereocenters. The van der Waals surface area contributed by atoms with E-state index in [0.29, 0.717) is 11.4 Å². The Morgan fingerprint density at radius 2 is 1.90 bits per heavy atom. The highest BCUT2D eigenvalue weighted by molar-refractivity contribution is 6.13. The zero-order valence-corrected chi connectivity index (χ0v) is 11.1. The number of hydrogen-bond donors (Lipinski definition) is 0. The molecular weight excluding hydrogens is 285 g/mol. The Hall–Kier alpha value is -2.18. The fourth-order valence-electron chi connectivity index (χ4n) is 1.99. The zero-order chi connectivity index (χ0) is 15.5. The minimum Gasteiger partial charge on any atom is -0.290 e. The smallest absolute Gasteiger partial charge is 0.290 e. The van der Waals surface area contributed by atoms with Gasteiger partial charge in [0.25, 0.3) is 5.91 Å². The number of nitrogens with zero attached hydrogens (tertiary/aromatic N) is 2. The van der Waals surface area contributed by atoms with Crippen LogP contribution in [0.3, 0.4) is 0 Å². The van der Waals surface area contributed by atoms with Crippen LogP contribution in [-0.2, 0) is 9.59 Å². The summed E-state index contributed by atoms with van der Waals surface area (Å²) in [5, 5.41) is 5.34. The summed E-state index contributed by atoms with van der Waals surface area (Å²) in [6.07, 6.45) is -5.05. The molecule has 1 aliphatic rings. The van der Waals surface area contributed by atoms with Gasteiger partial charge in [-0.3, -0.25) is 9.59 Å². The van der Waals surface area contributed by atoms with Crippen molar-refractivity contribution < 1.29 is 22.8 Å². The molecule has 0 atom stereocenters. The molecule has 0 fully saturated rings. The number of ketones is 1. The van der Waals surface area contributed by atoms with Gasteiger partial charge in [-0.1, -0.05) is 18.2 Å². The van der Waals surface area contributed by atoms with Crippen LogP contribution in [-0.4, -0.2) is 23.6 Å². The SMILES string of the molecule is O=C1CC(CCCC(=O)C(F)(F)F)=NN1c1ccccc1. The standard InChI is InChI=1S/C14H13F3N2O2/c15-14(16,17)12(20)8-4-5-10-9-13(21)19(18-10)11-6-2-1-3-7-11/h1-3,6-7H,4-5,8-9H2. The molecule has 0 spiro atoms. The van der Waals surface area contributed by atoms with Crippen LogP contribution in [0.5, 0.6) is 0 Å². The lowest BCUT2D eigenvalue weighted by Gasteiger charge is -2.10. The second-order valence-corrected chi connectivity index (χ2v) is 4.66. The topological polar surface area (TPSA) is 49.7 Å². The molecule has 0 saturated heterocycles.